The summed E-state index contributed by atoms with van der Waals surface area (Å²) in [5.41, 5.74) is 0. The molecule has 1 N–H and O–H groups in total. The van der Waals surface area contributed by atoms with Crippen LogP contribution in [0, 0.1) is 5.92 Å². The molecular formula is C11H23F3N2. The minimum Gasteiger partial charge on any atom is -0.307 e. The van der Waals surface area contributed by atoms with Crippen LogP contribution in [0.25, 0.3) is 0 Å². The molecule has 0 radical (unpaired) electrons. The summed E-state index contributed by atoms with van der Waals surface area (Å²) >= 11 is 0. The third-order valence-corrected chi connectivity index (χ3v) is 2.39. The maximum atomic E-state index is 11.9. The molecule has 0 aromatic rings. The zero-order chi connectivity index (χ0) is 12.8. The zero-order valence-corrected chi connectivity index (χ0v) is 10.6. The minimum atomic E-state index is -4.12. The highest BCUT2D eigenvalue weighted by Crippen LogP contribution is 2.12. The molecule has 0 fully saturated rings. The monoisotopic (exact) mass is 240 g/mol. The van der Waals surface area contributed by atoms with Crippen molar-refractivity contribution in [3.8, 4) is 0 Å². The first-order valence-corrected chi connectivity index (χ1v) is 5.77. The van der Waals surface area contributed by atoms with Crippen LogP contribution < -0.4 is 5.32 Å². The van der Waals surface area contributed by atoms with Crippen molar-refractivity contribution < 1.29 is 13.2 Å². The molecule has 1 atom stereocenters. The predicted octanol–water partition coefficient (Wildman–Crippen LogP) is 2.50. The summed E-state index contributed by atoms with van der Waals surface area (Å²) < 4.78 is 35.8. The van der Waals surface area contributed by atoms with E-state index in [2.05, 4.69) is 24.1 Å². The van der Waals surface area contributed by atoms with E-state index in [1.54, 1.807) is 0 Å². The van der Waals surface area contributed by atoms with Gasteiger partial charge in [0.1, 0.15) is 0 Å². The number of alkyl halides is 3. The van der Waals surface area contributed by atoms with Gasteiger partial charge >= 0.3 is 6.18 Å². The summed E-state index contributed by atoms with van der Waals surface area (Å²) in [7, 11) is 0. The van der Waals surface area contributed by atoms with E-state index in [1.807, 2.05) is 13.8 Å². The summed E-state index contributed by atoms with van der Waals surface area (Å²) in [5.74, 6) is 0.532. The van der Waals surface area contributed by atoms with Crippen LogP contribution in [-0.2, 0) is 0 Å². The van der Waals surface area contributed by atoms with Gasteiger partial charge in [0, 0.05) is 19.1 Å². The smallest absolute Gasteiger partial charge is 0.307 e. The second kappa shape index (κ2) is 7.12. The number of hydrogen-bond acceptors (Lipinski definition) is 2. The molecule has 0 aliphatic rings. The number of hydrogen-bond donors (Lipinski definition) is 1. The average Bonchev–Trinajstić information content (AvgIpc) is 2.11. The SMILES string of the molecule is CCN(CC(C)C)C(C)CNCC(F)(F)F. The molecule has 0 aromatic carbocycles. The number of rotatable bonds is 7. The number of nitrogens with zero attached hydrogens (tertiary/aromatic N) is 1. The highest BCUT2D eigenvalue weighted by atomic mass is 19.4. The number of halogens is 3. The van der Waals surface area contributed by atoms with Gasteiger partial charge in [0.25, 0.3) is 0 Å². The van der Waals surface area contributed by atoms with E-state index in [1.165, 1.54) is 0 Å². The van der Waals surface area contributed by atoms with E-state index in [4.69, 9.17) is 0 Å². The Bertz CT molecular complexity index is 181. The normalized spacial score (nSPS) is 14.8. The summed E-state index contributed by atoms with van der Waals surface area (Å²) in [6.45, 7) is 9.46. The standard InChI is InChI=1S/C11H23F3N2/c1-5-16(7-9(2)3)10(4)6-15-8-11(12,13)14/h9-10,15H,5-8H2,1-4H3. The third kappa shape index (κ3) is 7.93. The summed E-state index contributed by atoms with van der Waals surface area (Å²) in [6, 6.07) is 0.134. The molecule has 0 aliphatic heterocycles. The summed E-state index contributed by atoms with van der Waals surface area (Å²) in [5, 5.41) is 2.45. The Hall–Kier alpha value is -0.290. The molecule has 0 spiro atoms. The molecule has 0 saturated heterocycles. The van der Waals surface area contributed by atoms with Gasteiger partial charge in [-0.3, -0.25) is 4.90 Å². The lowest BCUT2D eigenvalue weighted by molar-refractivity contribution is -0.125. The maximum absolute atomic E-state index is 11.9. The largest absolute Gasteiger partial charge is 0.401 e. The van der Waals surface area contributed by atoms with Crippen molar-refractivity contribution in [2.24, 2.45) is 5.92 Å². The molecule has 2 nitrogen and oxygen atoms in total. The van der Waals surface area contributed by atoms with Gasteiger partial charge in [-0.1, -0.05) is 20.8 Å². The molecular weight excluding hydrogens is 217 g/mol. The molecule has 0 rings (SSSR count). The van der Waals surface area contributed by atoms with E-state index < -0.39 is 12.7 Å². The van der Waals surface area contributed by atoms with Crippen LogP contribution in [0.2, 0.25) is 0 Å². The number of nitrogens with one attached hydrogen (secondary N) is 1. The Morgan fingerprint density at radius 2 is 1.75 bits per heavy atom. The van der Waals surface area contributed by atoms with Crippen LogP contribution >= 0.6 is 0 Å². The fourth-order valence-electron chi connectivity index (χ4n) is 1.64. The summed E-state index contributed by atoms with van der Waals surface area (Å²) in [6.07, 6.45) is -4.12. The molecule has 0 aromatic heterocycles. The van der Waals surface area contributed by atoms with Gasteiger partial charge in [0.2, 0.25) is 0 Å². The maximum Gasteiger partial charge on any atom is 0.401 e. The quantitative estimate of drug-likeness (QED) is 0.735. The molecule has 5 heteroatoms. The van der Waals surface area contributed by atoms with E-state index in [9.17, 15) is 13.2 Å². The first-order valence-electron chi connectivity index (χ1n) is 5.77. The van der Waals surface area contributed by atoms with Crippen LogP contribution in [0.15, 0.2) is 0 Å². The minimum absolute atomic E-state index is 0.134. The molecule has 0 bridgehead atoms. The van der Waals surface area contributed by atoms with Crippen LogP contribution in [-0.4, -0.2) is 43.3 Å². The Balaban J connectivity index is 3.88. The second-order valence-electron chi connectivity index (χ2n) is 4.58. The lowest BCUT2D eigenvalue weighted by atomic mass is 10.1. The van der Waals surface area contributed by atoms with Gasteiger partial charge in [-0.2, -0.15) is 13.2 Å². The van der Waals surface area contributed by atoms with Crippen LogP contribution in [0.4, 0.5) is 13.2 Å². The van der Waals surface area contributed by atoms with Gasteiger partial charge < -0.3 is 5.32 Å². The Labute approximate surface area is 96.2 Å². The van der Waals surface area contributed by atoms with Crippen molar-refractivity contribution in [2.45, 2.75) is 39.9 Å². The highest BCUT2D eigenvalue weighted by Gasteiger charge is 2.26. The van der Waals surface area contributed by atoms with Crippen LogP contribution in [0.1, 0.15) is 27.7 Å². The van der Waals surface area contributed by atoms with E-state index in [0.717, 1.165) is 13.1 Å². The third-order valence-electron chi connectivity index (χ3n) is 2.39. The molecule has 1 unspecified atom stereocenters. The van der Waals surface area contributed by atoms with Crippen molar-refractivity contribution in [1.82, 2.24) is 10.2 Å². The summed E-state index contributed by atoms with van der Waals surface area (Å²) in [4.78, 5) is 2.19. The fourth-order valence-corrected chi connectivity index (χ4v) is 1.64. The van der Waals surface area contributed by atoms with E-state index in [0.29, 0.717) is 12.5 Å². The predicted molar refractivity (Wildman–Crippen MR) is 60.5 cm³/mol. The van der Waals surface area contributed by atoms with E-state index in [-0.39, 0.29) is 6.04 Å². The molecule has 98 valence electrons. The first kappa shape index (κ1) is 15.7. The van der Waals surface area contributed by atoms with Crippen molar-refractivity contribution in [3.63, 3.8) is 0 Å². The highest BCUT2D eigenvalue weighted by molar-refractivity contribution is 4.70. The molecule has 0 amide bonds. The van der Waals surface area contributed by atoms with Gasteiger partial charge in [0.15, 0.2) is 0 Å². The van der Waals surface area contributed by atoms with Gasteiger partial charge in [-0.25, -0.2) is 0 Å². The topological polar surface area (TPSA) is 15.3 Å². The van der Waals surface area contributed by atoms with Gasteiger partial charge in [-0.15, -0.1) is 0 Å². The molecule has 0 aliphatic carbocycles. The number of likely N-dealkylation sites (N-methyl/N-ethyl adjacent to an activating group) is 1. The Morgan fingerprint density at radius 1 is 1.19 bits per heavy atom. The van der Waals surface area contributed by atoms with Crippen LogP contribution in [0.3, 0.4) is 0 Å². The van der Waals surface area contributed by atoms with Crippen molar-refractivity contribution >= 4 is 0 Å². The van der Waals surface area contributed by atoms with E-state index >= 15 is 0 Å². The average molecular weight is 240 g/mol. The zero-order valence-electron chi connectivity index (χ0n) is 10.6. The van der Waals surface area contributed by atoms with Gasteiger partial charge in [-0.05, 0) is 19.4 Å². The van der Waals surface area contributed by atoms with Crippen molar-refractivity contribution in [2.75, 3.05) is 26.2 Å². The molecule has 16 heavy (non-hydrogen) atoms. The van der Waals surface area contributed by atoms with Crippen LogP contribution in [0.5, 0.6) is 0 Å². The lowest BCUT2D eigenvalue weighted by Gasteiger charge is -2.29. The van der Waals surface area contributed by atoms with Crippen molar-refractivity contribution in [1.29, 1.82) is 0 Å². The fraction of sp³-hybridized carbons (Fsp3) is 1.00. The van der Waals surface area contributed by atoms with Crippen molar-refractivity contribution in [3.05, 3.63) is 0 Å². The second-order valence-corrected chi connectivity index (χ2v) is 4.58. The Kier molecular flexibility index (Phi) is 6.99. The molecule has 0 heterocycles. The Morgan fingerprint density at radius 3 is 2.12 bits per heavy atom. The molecule has 0 saturated carbocycles. The lowest BCUT2D eigenvalue weighted by Crippen LogP contribution is -2.44. The first-order chi connectivity index (χ1) is 7.26. The van der Waals surface area contributed by atoms with Gasteiger partial charge in [0.05, 0.1) is 6.54 Å².